The van der Waals surface area contributed by atoms with E-state index in [0.29, 0.717) is 43.7 Å². The van der Waals surface area contributed by atoms with Crippen molar-refractivity contribution in [3.8, 4) is 0 Å². The highest BCUT2D eigenvalue weighted by Gasteiger charge is 2.55. The summed E-state index contributed by atoms with van der Waals surface area (Å²) in [6.45, 7) is 4.21. The SMILES string of the molecule is CC(=O)N1CC[C@H](C(=O)N2C[C@H]3CCC[C@@]3(c3nc(Cc4ccccc4)no3)C2)C1. The van der Waals surface area contributed by atoms with Crippen LogP contribution in [0.3, 0.4) is 0 Å². The van der Waals surface area contributed by atoms with Crippen molar-refractivity contribution in [1.29, 1.82) is 0 Å². The summed E-state index contributed by atoms with van der Waals surface area (Å²) in [4.78, 5) is 33.4. The fraction of sp³-hybridized carbons (Fsp3) is 0.565. The minimum Gasteiger partial charge on any atom is -0.342 e. The van der Waals surface area contributed by atoms with Gasteiger partial charge in [0, 0.05) is 39.5 Å². The van der Waals surface area contributed by atoms with Gasteiger partial charge in [-0.3, -0.25) is 9.59 Å². The molecule has 2 aromatic rings. The Morgan fingerprint density at radius 3 is 2.77 bits per heavy atom. The Morgan fingerprint density at radius 1 is 1.17 bits per heavy atom. The normalized spacial score (nSPS) is 28.2. The van der Waals surface area contributed by atoms with E-state index in [4.69, 9.17) is 9.51 Å². The highest BCUT2D eigenvalue weighted by Crippen LogP contribution is 2.50. The molecule has 0 N–H and O–H groups in total. The number of nitrogens with zero attached hydrogens (tertiary/aromatic N) is 4. The Morgan fingerprint density at radius 2 is 2.00 bits per heavy atom. The number of aromatic nitrogens is 2. The van der Waals surface area contributed by atoms with Gasteiger partial charge in [-0.15, -0.1) is 0 Å². The Balaban J connectivity index is 1.32. The maximum Gasteiger partial charge on any atom is 0.235 e. The summed E-state index contributed by atoms with van der Waals surface area (Å²) in [5.41, 5.74) is 0.945. The van der Waals surface area contributed by atoms with Crippen molar-refractivity contribution in [2.75, 3.05) is 26.2 Å². The fourth-order valence-electron chi connectivity index (χ4n) is 5.62. The molecule has 7 nitrogen and oxygen atoms in total. The van der Waals surface area contributed by atoms with Crippen molar-refractivity contribution in [2.45, 2.75) is 44.4 Å². The molecule has 0 unspecified atom stereocenters. The molecule has 0 spiro atoms. The molecule has 3 atom stereocenters. The first-order chi connectivity index (χ1) is 14.5. The minimum absolute atomic E-state index is 0.0527. The zero-order valence-electron chi connectivity index (χ0n) is 17.4. The van der Waals surface area contributed by atoms with E-state index in [1.165, 1.54) is 0 Å². The van der Waals surface area contributed by atoms with Crippen molar-refractivity contribution < 1.29 is 14.1 Å². The first-order valence-corrected chi connectivity index (χ1v) is 11.0. The molecular formula is C23H28N4O3. The van der Waals surface area contributed by atoms with Crippen molar-refractivity contribution in [1.82, 2.24) is 19.9 Å². The summed E-state index contributed by atoms with van der Waals surface area (Å²) >= 11 is 0. The molecule has 1 aromatic carbocycles. The van der Waals surface area contributed by atoms with Gasteiger partial charge in [-0.05, 0) is 30.7 Å². The van der Waals surface area contributed by atoms with Crippen molar-refractivity contribution in [2.24, 2.45) is 11.8 Å². The number of carbonyl (C=O) groups excluding carboxylic acids is 2. The second kappa shape index (κ2) is 7.52. The van der Waals surface area contributed by atoms with Gasteiger partial charge < -0.3 is 14.3 Å². The number of amides is 2. The largest absolute Gasteiger partial charge is 0.342 e. The Labute approximate surface area is 176 Å². The molecular weight excluding hydrogens is 380 g/mol. The average Bonchev–Trinajstić information content (AvgIpc) is 3.50. The fourth-order valence-corrected chi connectivity index (χ4v) is 5.62. The van der Waals surface area contributed by atoms with Crippen LogP contribution in [0, 0.1) is 11.8 Å². The molecule has 2 aliphatic heterocycles. The lowest BCUT2D eigenvalue weighted by Crippen LogP contribution is -2.39. The van der Waals surface area contributed by atoms with Crippen molar-refractivity contribution in [3.05, 3.63) is 47.6 Å². The summed E-state index contributed by atoms with van der Waals surface area (Å²) in [5.74, 6) is 1.92. The predicted molar refractivity (Wildman–Crippen MR) is 110 cm³/mol. The third kappa shape index (κ3) is 3.30. The molecule has 3 heterocycles. The van der Waals surface area contributed by atoms with Gasteiger partial charge in [0.1, 0.15) is 0 Å². The number of carbonyl (C=O) groups is 2. The number of fused-ring (bicyclic) bond motifs is 1. The molecule has 158 valence electrons. The maximum atomic E-state index is 13.2. The van der Waals surface area contributed by atoms with Crippen LogP contribution in [-0.4, -0.2) is 57.9 Å². The van der Waals surface area contributed by atoms with Crippen LogP contribution in [0.5, 0.6) is 0 Å². The minimum atomic E-state index is -0.212. The molecule has 3 aliphatic rings. The van der Waals surface area contributed by atoms with E-state index in [2.05, 4.69) is 17.3 Å². The summed E-state index contributed by atoms with van der Waals surface area (Å²) in [6.07, 6.45) is 4.61. The Kier molecular flexibility index (Phi) is 4.83. The highest BCUT2D eigenvalue weighted by atomic mass is 16.5. The van der Waals surface area contributed by atoms with E-state index in [1.54, 1.807) is 11.8 Å². The first-order valence-electron chi connectivity index (χ1n) is 11.0. The van der Waals surface area contributed by atoms with Gasteiger partial charge in [-0.2, -0.15) is 4.98 Å². The van der Waals surface area contributed by atoms with Gasteiger partial charge in [0.15, 0.2) is 5.82 Å². The van der Waals surface area contributed by atoms with E-state index < -0.39 is 0 Å². The molecule has 2 amide bonds. The van der Waals surface area contributed by atoms with Crippen LogP contribution in [-0.2, 0) is 21.4 Å². The lowest BCUT2D eigenvalue weighted by Gasteiger charge is -2.25. The summed E-state index contributed by atoms with van der Waals surface area (Å²) < 4.78 is 5.78. The molecule has 3 fully saturated rings. The zero-order valence-corrected chi connectivity index (χ0v) is 17.4. The average molecular weight is 409 g/mol. The van der Waals surface area contributed by atoms with Gasteiger partial charge >= 0.3 is 0 Å². The third-order valence-electron chi connectivity index (χ3n) is 7.26. The number of hydrogen-bond donors (Lipinski definition) is 0. The van der Waals surface area contributed by atoms with Crippen molar-refractivity contribution in [3.63, 3.8) is 0 Å². The molecule has 2 saturated heterocycles. The molecule has 7 heteroatoms. The summed E-state index contributed by atoms with van der Waals surface area (Å²) in [7, 11) is 0. The lowest BCUT2D eigenvalue weighted by molar-refractivity contribution is -0.134. The smallest absolute Gasteiger partial charge is 0.235 e. The van der Waals surface area contributed by atoms with Gasteiger partial charge in [-0.25, -0.2) is 0 Å². The number of hydrogen-bond acceptors (Lipinski definition) is 5. The van der Waals surface area contributed by atoms with Gasteiger partial charge in [0.25, 0.3) is 0 Å². The molecule has 5 rings (SSSR count). The second-order valence-corrected chi connectivity index (χ2v) is 9.09. The third-order valence-corrected chi connectivity index (χ3v) is 7.26. The monoisotopic (exact) mass is 408 g/mol. The Hall–Kier alpha value is -2.70. The quantitative estimate of drug-likeness (QED) is 0.776. The molecule has 30 heavy (non-hydrogen) atoms. The molecule has 1 saturated carbocycles. The van der Waals surface area contributed by atoms with Crippen LogP contribution in [0.15, 0.2) is 34.9 Å². The molecule has 0 bridgehead atoms. The zero-order chi connectivity index (χ0) is 20.7. The van der Waals surface area contributed by atoms with E-state index in [0.717, 1.165) is 37.8 Å². The van der Waals surface area contributed by atoms with Crippen LogP contribution in [0.1, 0.15) is 49.9 Å². The molecule has 0 radical (unpaired) electrons. The second-order valence-electron chi connectivity index (χ2n) is 9.09. The topological polar surface area (TPSA) is 79.5 Å². The van der Waals surface area contributed by atoms with Crippen molar-refractivity contribution >= 4 is 11.8 Å². The number of likely N-dealkylation sites (tertiary alicyclic amines) is 2. The van der Waals surface area contributed by atoms with Crippen LogP contribution in [0.25, 0.3) is 0 Å². The van der Waals surface area contributed by atoms with Crippen LogP contribution < -0.4 is 0 Å². The lowest BCUT2D eigenvalue weighted by atomic mass is 9.80. The van der Waals surface area contributed by atoms with E-state index in [-0.39, 0.29) is 23.1 Å². The maximum absolute atomic E-state index is 13.2. The van der Waals surface area contributed by atoms with Gasteiger partial charge in [0.05, 0.1) is 11.3 Å². The predicted octanol–water partition coefficient (Wildman–Crippen LogP) is 2.41. The van der Waals surface area contributed by atoms with Crippen LogP contribution in [0.4, 0.5) is 0 Å². The first kappa shape index (κ1) is 19.3. The van der Waals surface area contributed by atoms with Gasteiger partial charge in [0.2, 0.25) is 17.7 Å². The van der Waals surface area contributed by atoms with E-state index in [9.17, 15) is 9.59 Å². The van der Waals surface area contributed by atoms with Crippen LogP contribution in [0.2, 0.25) is 0 Å². The summed E-state index contributed by atoms with van der Waals surface area (Å²) in [5, 5.41) is 4.25. The Bertz CT molecular complexity index is 943. The van der Waals surface area contributed by atoms with Crippen LogP contribution >= 0.6 is 0 Å². The van der Waals surface area contributed by atoms with E-state index in [1.807, 2.05) is 23.1 Å². The number of benzene rings is 1. The summed E-state index contributed by atoms with van der Waals surface area (Å²) in [6, 6.07) is 10.2. The molecule has 1 aliphatic carbocycles. The van der Waals surface area contributed by atoms with Gasteiger partial charge in [-0.1, -0.05) is 41.9 Å². The van der Waals surface area contributed by atoms with E-state index >= 15 is 0 Å². The standard InChI is InChI=1S/C23H28N4O3/c1-16(28)26-11-9-18(13-26)21(29)27-14-19-8-5-10-23(19,15-27)22-24-20(25-30-22)12-17-6-3-2-4-7-17/h2-4,6-7,18-19H,5,8-15H2,1H3/t18-,19+,23+/m0/s1. The highest BCUT2D eigenvalue weighted by molar-refractivity contribution is 5.82. The number of rotatable bonds is 4. The molecule has 1 aromatic heterocycles.